The molecule has 0 aliphatic heterocycles. The predicted molar refractivity (Wildman–Crippen MR) is 46.1 cm³/mol. The van der Waals surface area contributed by atoms with E-state index < -0.39 is 9.05 Å². The van der Waals surface area contributed by atoms with Crippen molar-refractivity contribution >= 4 is 47.2 Å². The second-order valence-electron chi connectivity index (χ2n) is 1.68. The van der Waals surface area contributed by atoms with Crippen LogP contribution in [0.3, 0.4) is 0 Å². The Morgan fingerprint density at radius 1 is 1.64 bits per heavy atom. The summed E-state index contributed by atoms with van der Waals surface area (Å²) in [7, 11) is 1.46. The van der Waals surface area contributed by atoms with Crippen LogP contribution in [-0.2, 0) is 14.8 Å². The number of nitrogens with zero attached hydrogens (tertiary/aromatic N) is 2. The molecule has 0 radical (unpaired) electrons. The summed E-state index contributed by atoms with van der Waals surface area (Å²) in [4.78, 5) is 0. The lowest BCUT2D eigenvalue weighted by Gasteiger charge is -1.89. The molecule has 1 aromatic rings. The number of hydrogen-bond donors (Lipinski definition) is 0. The molecule has 11 heavy (non-hydrogen) atoms. The standard InChI is InChI=1S/C3H2BrClN2O2S2/c4-3-2(6-7-10-3)1-11(5,8)9/h1H2. The summed E-state index contributed by atoms with van der Waals surface area (Å²) >= 11 is 4.17. The molecule has 0 bridgehead atoms. The number of aromatic nitrogens is 2. The van der Waals surface area contributed by atoms with E-state index in [2.05, 4.69) is 25.5 Å². The summed E-state index contributed by atoms with van der Waals surface area (Å²) in [5, 5.41) is 3.56. The minimum Gasteiger partial charge on any atom is -0.212 e. The molecule has 8 heteroatoms. The van der Waals surface area contributed by atoms with Crippen LogP contribution in [0.15, 0.2) is 3.79 Å². The van der Waals surface area contributed by atoms with Gasteiger partial charge < -0.3 is 0 Å². The van der Waals surface area contributed by atoms with Crippen molar-refractivity contribution in [2.45, 2.75) is 5.75 Å². The van der Waals surface area contributed by atoms with Crippen molar-refractivity contribution < 1.29 is 8.42 Å². The first kappa shape index (κ1) is 9.37. The van der Waals surface area contributed by atoms with Crippen LogP contribution in [-0.4, -0.2) is 18.0 Å². The normalized spacial score (nSPS) is 11.8. The van der Waals surface area contributed by atoms with Crippen molar-refractivity contribution in [3.63, 3.8) is 0 Å². The van der Waals surface area contributed by atoms with E-state index in [1.165, 1.54) is 0 Å². The van der Waals surface area contributed by atoms with Crippen LogP contribution in [0, 0.1) is 0 Å². The van der Waals surface area contributed by atoms with Crippen LogP contribution in [0.1, 0.15) is 5.69 Å². The maximum Gasteiger partial charge on any atom is 0.238 e. The average molecular weight is 278 g/mol. The van der Waals surface area contributed by atoms with E-state index in [1.807, 2.05) is 0 Å². The van der Waals surface area contributed by atoms with Crippen LogP contribution in [0.5, 0.6) is 0 Å². The van der Waals surface area contributed by atoms with Gasteiger partial charge in [0.05, 0.1) is 0 Å². The SMILES string of the molecule is O=S(=O)(Cl)Cc1nnsc1Br. The first-order valence-corrected chi connectivity index (χ1v) is 6.42. The van der Waals surface area contributed by atoms with Crippen molar-refractivity contribution in [2.75, 3.05) is 0 Å². The Bertz CT molecular complexity index is 348. The molecule has 0 N–H and O–H groups in total. The zero-order chi connectivity index (χ0) is 8.48. The number of rotatable bonds is 2. The van der Waals surface area contributed by atoms with E-state index in [9.17, 15) is 8.42 Å². The third kappa shape index (κ3) is 3.02. The van der Waals surface area contributed by atoms with E-state index in [1.54, 1.807) is 0 Å². The molecule has 0 amide bonds. The van der Waals surface area contributed by atoms with Crippen LogP contribution >= 0.6 is 38.1 Å². The highest BCUT2D eigenvalue weighted by Gasteiger charge is 2.13. The first-order valence-electron chi connectivity index (χ1n) is 2.38. The summed E-state index contributed by atoms with van der Waals surface area (Å²) in [5.74, 6) is -0.286. The highest BCUT2D eigenvalue weighted by molar-refractivity contribution is 9.11. The van der Waals surface area contributed by atoms with E-state index in [0.717, 1.165) is 11.5 Å². The van der Waals surface area contributed by atoms with Crippen LogP contribution in [0.4, 0.5) is 0 Å². The Balaban J connectivity index is 2.89. The molecule has 1 rings (SSSR count). The molecular formula is C3H2BrClN2O2S2. The third-order valence-corrected chi connectivity index (χ3v) is 3.22. The Labute approximate surface area is 80.3 Å². The second kappa shape index (κ2) is 3.34. The summed E-state index contributed by atoms with van der Waals surface area (Å²) in [5.41, 5.74) is 0.352. The fourth-order valence-corrected chi connectivity index (χ4v) is 2.41. The topological polar surface area (TPSA) is 59.9 Å². The molecule has 1 aromatic heterocycles. The van der Waals surface area contributed by atoms with Crippen molar-refractivity contribution in [3.8, 4) is 0 Å². The predicted octanol–water partition coefficient (Wildman–Crippen LogP) is 1.37. The molecule has 0 atom stereocenters. The lowest BCUT2D eigenvalue weighted by molar-refractivity contribution is 0.608. The minimum atomic E-state index is -3.52. The molecule has 0 aliphatic rings. The Morgan fingerprint density at radius 2 is 2.27 bits per heavy atom. The quantitative estimate of drug-likeness (QED) is 0.766. The van der Waals surface area contributed by atoms with Gasteiger partial charge in [-0.25, -0.2) is 8.42 Å². The molecule has 0 saturated carbocycles. The molecule has 62 valence electrons. The van der Waals surface area contributed by atoms with Crippen LogP contribution in [0.2, 0.25) is 0 Å². The molecule has 1 heterocycles. The first-order chi connectivity index (χ1) is 4.99. The molecule has 0 aromatic carbocycles. The van der Waals surface area contributed by atoms with Gasteiger partial charge in [0.25, 0.3) is 0 Å². The largest absolute Gasteiger partial charge is 0.238 e. The van der Waals surface area contributed by atoms with Gasteiger partial charge in [0.2, 0.25) is 9.05 Å². The van der Waals surface area contributed by atoms with Gasteiger partial charge in [0, 0.05) is 10.7 Å². The van der Waals surface area contributed by atoms with Gasteiger partial charge in [-0.05, 0) is 27.5 Å². The van der Waals surface area contributed by atoms with Gasteiger partial charge in [-0.3, -0.25) is 0 Å². The lowest BCUT2D eigenvalue weighted by atomic mass is 10.6. The molecule has 0 unspecified atom stereocenters. The monoisotopic (exact) mass is 276 g/mol. The van der Waals surface area contributed by atoms with E-state index in [4.69, 9.17) is 10.7 Å². The fraction of sp³-hybridized carbons (Fsp3) is 0.333. The van der Waals surface area contributed by atoms with Crippen molar-refractivity contribution in [1.29, 1.82) is 0 Å². The lowest BCUT2D eigenvalue weighted by Crippen LogP contribution is -1.95. The van der Waals surface area contributed by atoms with Gasteiger partial charge >= 0.3 is 0 Å². The molecule has 4 nitrogen and oxygen atoms in total. The second-order valence-corrected chi connectivity index (χ2v) is 6.53. The Morgan fingerprint density at radius 3 is 2.64 bits per heavy atom. The summed E-state index contributed by atoms with van der Waals surface area (Å²) in [6.07, 6.45) is 0. The van der Waals surface area contributed by atoms with Gasteiger partial charge in [0.1, 0.15) is 15.2 Å². The maximum absolute atomic E-state index is 10.5. The highest BCUT2D eigenvalue weighted by Crippen LogP contribution is 2.21. The zero-order valence-electron chi connectivity index (χ0n) is 4.99. The van der Waals surface area contributed by atoms with E-state index in [0.29, 0.717) is 9.48 Å². The fourth-order valence-electron chi connectivity index (χ4n) is 0.446. The molecule has 0 aliphatic carbocycles. The van der Waals surface area contributed by atoms with Gasteiger partial charge in [-0.2, -0.15) is 0 Å². The molecule has 0 saturated heterocycles. The summed E-state index contributed by atoms with van der Waals surface area (Å²) in [6.45, 7) is 0. The molecular weight excluding hydrogens is 276 g/mol. The maximum atomic E-state index is 10.5. The molecule has 0 spiro atoms. The third-order valence-electron chi connectivity index (χ3n) is 0.819. The summed E-state index contributed by atoms with van der Waals surface area (Å²) in [6, 6.07) is 0. The Kier molecular flexibility index (Phi) is 2.84. The van der Waals surface area contributed by atoms with Crippen molar-refractivity contribution in [2.24, 2.45) is 0 Å². The average Bonchev–Trinajstić information content (AvgIpc) is 2.12. The van der Waals surface area contributed by atoms with Crippen LogP contribution in [0.25, 0.3) is 0 Å². The van der Waals surface area contributed by atoms with Gasteiger partial charge in [-0.1, -0.05) is 4.49 Å². The van der Waals surface area contributed by atoms with Gasteiger partial charge in [0.15, 0.2) is 0 Å². The number of hydrogen-bond acceptors (Lipinski definition) is 5. The summed E-state index contributed by atoms with van der Waals surface area (Å²) < 4.78 is 25.2. The Hall–Kier alpha value is 0.280. The number of halogens is 2. The minimum absolute atomic E-state index is 0.286. The van der Waals surface area contributed by atoms with Crippen LogP contribution < -0.4 is 0 Å². The van der Waals surface area contributed by atoms with Gasteiger partial charge in [-0.15, -0.1) is 5.10 Å². The smallest absolute Gasteiger partial charge is 0.212 e. The van der Waals surface area contributed by atoms with E-state index >= 15 is 0 Å². The van der Waals surface area contributed by atoms with Crippen molar-refractivity contribution in [1.82, 2.24) is 9.59 Å². The van der Waals surface area contributed by atoms with E-state index in [-0.39, 0.29) is 5.75 Å². The zero-order valence-corrected chi connectivity index (χ0v) is 8.97. The van der Waals surface area contributed by atoms with Crippen molar-refractivity contribution in [3.05, 3.63) is 9.48 Å². The molecule has 0 fully saturated rings. The highest BCUT2D eigenvalue weighted by atomic mass is 79.9.